The third kappa shape index (κ3) is 4.54. The van der Waals surface area contributed by atoms with Crippen LogP contribution in [0.25, 0.3) is 0 Å². The Labute approximate surface area is 156 Å². The van der Waals surface area contributed by atoms with Crippen molar-refractivity contribution in [3.8, 4) is 0 Å². The molecule has 2 saturated heterocycles. The topological polar surface area (TPSA) is 179 Å². The highest BCUT2D eigenvalue weighted by Gasteiger charge is 2.43. The molecule has 2 fully saturated rings. The van der Waals surface area contributed by atoms with Crippen molar-refractivity contribution in [2.24, 2.45) is 11.5 Å². The van der Waals surface area contributed by atoms with Gasteiger partial charge in [-0.2, -0.15) is 0 Å². The molecule has 0 aromatic carbocycles. The second kappa shape index (κ2) is 9.11. The first-order chi connectivity index (χ1) is 12.8. The molecule has 7 N–H and O–H groups in total. The van der Waals surface area contributed by atoms with Crippen molar-refractivity contribution in [3.63, 3.8) is 0 Å². The zero-order valence-electron chi connectivity index (χ0n) is 15.0. The van der Waals surface area contributed by atoms with Crippen molar-refractivity contribution >= 4 is 23.6 Å². The van der Waals surface area contributed by atoms with Crippen LogP contribution < -0.4 is 16.8 Å². The molecule has 152 valence electrons. The summed E-state index contributed by atoms with van der Waals surface area (Å²) in [5.74, 6) is -2.29. The summed E-state index contributed by atoms with van der Waals surface area (Å²) in [6.07, 6.45) is 2.08. The fourth-order valence-corrected chi connectivity index (χ4v) is 3.55. The summed E-state index contributed by atoms with van der Waals surface area (Å²) >= 11 is 0. The van der Waals surface area contributed by atoms with Gasteiger partial charge in [0.1, 0.15) is 24.2 Å². The van der Waals surface area contributed by atoms with Crippen LogP contribution in [0.4, 0.5) is 0 Å². The summed E-state index contributed by atoms with van der Waals surface area (Å²) in [4.78, 5) is 51.7. The number of aliphatic hydroxyl groups excluding tert-OH is 2. The van der Waals surface area contributed by atoms with E-state index in [9.17, 15) is 19.2 Å². The molecular weight excluding hydrogens is 358 g/mol. The van der Waals surface area contributed by atoms with Gasteiger partial charge in [0.15, 0.2) is 0 Å². The predicted molar refractivity (Wildman–Crippen MR) is 92.7 cm³/mol. The van der Waals surface area contributed by atoms with Crippen LogP contribution in [0, 0.1) is 0 Å². The first-order valence-corrected chi connectivity index (χ1v) is 8.99. The molecular formula is C16H27N5O6. The number of hydrogen-bond donors (Lipinski definition) is 5. The highest BCUT2D eigenvalue weighted by atomic mass is 16.3. The number of nitrogens with zero attached hydrogens (tertiary/aromatic N) is 2. The van der Waals surface area contributed by atoms with Gasteiger partial charge in [0, 0.05) is 13.1 Å². The number of aliphatic hydroxyl groups is 2. The predicted octanol–water partition coefficient (Wildman–Crippen LogP) is -3.75. The molecule has 11 heteroatoms. The Morgan fingerprint density at radius 1 is 1.00 bits per heavy atom. The Hall–Kier alpha value is -2.24. The van der Waals surface area contributed by atoms with Crippen LogP contribution in [-0.4, -0.2) is 94.1 Å². The first-order valence-electron chi connectivity index (χ1n) is 8.99. The number of nitrogens with one attached hydrogen (secondary N) is 1. The summed E-state index contributed by atoms with van der Waals surface area (Å²) in [7, 11) is 0. The molecule has 11 nitrogen and oxygen atoms in total. The van der Waals surface area contributed by atoms with Crippen LogP contribution in [0.3, 0.4) is 0 Å². The van der Waals surface area contributed by atoms with Gasteiger partial charge in [-0.1, -0.05) is 0 Å². The Morgan fingerprint density at radius 3 is 2.15 bits per heavy atom. The van der Waals surface area contributed by atoms with Crippen LogP contribution in [0.5, 0.6) is 0 Å². The van der Waals surface area contributed by atoms with Gasteiger partial charge in [-0.25, -0.2) is 0 Å². The van der Waals surface area contributed by atoms with Crippen LogP contribution in [0.1, 0.15) is 25.7 Å². The lowest BCUT2D eigenvalue weighted by Gasteiger charge is -2.32. The second-order valence-electron chi connectivity index (χ2n) is 6.81. The normalized spacial score (nSPS) is 24.6. The van der Waals surface area contributed by atoms with Crippen molar-refractivity contribution in [1.29, 1.82) is 0 Å². The molecule has 0 aromatic heterocycles. The number of primary amides is 1. The number of hydrogen-bond acceptors (Lipinski definition) is 7. The number of carbonyl (C=O) groups is 4. The summed E-state index contributed by atoms with van der Waals surface area (Å²) in [6, 6.07) is -3.83. The van der Waals surface area contributed by atoms with Gasteiger partial charge in [-0.05, 0) is 25.7 Å². The maximum absolute atomic E-state index is 13.0. The molecule has 2 unspecified atom stereocenters. The van der Waals surface area contributed by atoms with E-state index in [1.807, 2.05) is 0 Å². The van der Waals surface area contributed by atoms with Crippen molar-refractivity contribution in [2.75, 3.05) is 26.3 Å². The molecule has 0 radical (unpaired) electrons. The smallest absolute Gasteiger partial charge is 0.246 e. The van der Waals surface area contributed by atoms with Crippen LogP contribution in [-0.2, 0) is 19.2 Å². The van der Waals surface area contributed by atoms with Gasteiger partial charge in [-0.3, -0.25) is 19.2 Å². The van der Waals surface area contributed by atoms with Gasteiger partial charge < -0.3 is 36.8 Å². The van der Waals surface area contributed by atoms with E-state index in [1.54, 1.807) is 0 Å². The Kier molecular flexibility index (Phi) is 7.11. The lowest BCUT2D eigenvalue weighted by atomic mass is 10.1. The van der Waals surface area contributed by atoms with Gasteiger partial charge >= 0.3 is 0 Å². The van der Waals surface area contributed by atoms with E-state index in [2.05, 4.69) is 5.32 Å². The summed E-state index contributed by atoms with van der Waals surface area (Å²) < 4.78 is 0. The number of amides is 4. The molecule has 27 heavy (non-hydrogen) atoms. The van der Waals surface area contributed by atoms with Crippen LogP contribution in [0.2, 0.25) is 0 Å². The number of rotatable bonds is 7. The van der Waals surface area contributed by atoms with Crippen molar-refractivity contribution < 1.29 is 29.4 Å². The van der Waals surface area contributed by atoms with E-state index in [4.69, 9.17) is 21.7 Å². The SMILES string of the molecule is NC(=O)C(CO)NC(=O)[C@@H]1CCCN1C(=O)[C@@H]1CCCN1C(=O)C(N)CO. The maximum atomic E-state index is 13.0. The monoisotopic (exact) mass is 385 g/mol. The van der Waals surface area contributed by atoms with E-state index in [0.717, 1.165) is 0 Å². The Morgan fingerprint density at radius 2 is 1.59 bits per heavy atom. The van der Waals surface area contributed by atoms with E-state index >= 15 is 0 Å². The third-order valence-electron chi connectivity index (χ3n) is 5.02. The van der Waals surface area contributed by atoms with E-state index < -0.39 is 55.1 Å². The maximum Gasteiger partial charge on any atom is 0.246 e. The van der Waals surface area contributed by atoms with Gasteiger partial charge in [0.2, 0.25) is 23.6 Å². The fraction of sp³-hybridized carbons (Fsp3) is 0.750. The average Bonchev–Trinajstić information content (AvgIpc) is 3.33. The number of carbonyl (C=O) groups excluding carboxylic acids is 4. The van der Waals surface area contributed by atoms with E-state index in [0.29, 0.717) is 38.8 Å². The Balaban J connectivity index is 2.09. The number of nitrogens with two attached hydrogens (primary N) is 2. The van der Waals surface area contributed by atoms with Gasteiger partial charge in [0.25, 0.3) is 0 Å². The highest BCUT2D eigenvalue weighted by Crippen LogP contribution is 2.25. The molecule has 2 rings (SSSR count). The first kappa shape index (κ1) is 21.1. The molecule has 0 bridgehead atoms. The third-order valence-corrected chi connectivity index (χ3v) is 5.02. The van der Waals surface area contributed by atoms with Crippen LogP contribution in [0.15, 0.2) is 0 Å². The summed E-state index contributed by atoms with van der Waals surface area (Å²) in [5.41, 5.74) is 10.7. The zero-order valence-corrected chi connectivity index (χ0v) is 15.0. The van der Waals surface area contributed by atoms with Crippen molar-refractivity contribution in [3.05, 3.63) is 0 Å². The average molecular weight is 385 g/mol. The van der Waals surface area contributed by atoms with Crippen molar-refractivity contribution in [1.82, 2.24) is 15.1 Å². The minimum Gasteiger partial charge on any atom is -0.394 e. The van der Waals surface area contributed by atoms with E-state index in [1.165, 1.54) is 9.80 Å². The lowest BCUT2D eigenvalue weighted by Crippen LogP contribution is -2.57. The van der Waals surface area contributed by atoms with E-state index in [-0.39, 0.29) is 5.91 Å². The molecule has 2 aliphatic rings. The molecule has 2 aliphatic heterocycles. The molecule has 0 saturated carbocycles. The largest absolute Gasteiger partial charge is 0.394 e. The fourth-order valence-electron chi connectivity index (χ4n) is 3.55. The number of likely N-dealkylation sites (tertiary alicyclic amines) is 2. The standard InChI is InChI=1S/C16H27N5O6/c17-9(7-22)15(26)21-6-2-4-12(21)16(27)20-5-1-3-11(20)14(25)19-10(8-23)13(18)24/h9-12,22-23H,1-8,17H2,(H2,18,24)(H,19,25)/t9?,10?,11-,12-/m0/s1. The summed E-state index contributed by atoms with van der Waals surface area (Å²) in [5, 5.41) is 20.6. The lowest BCUT2D eigenvalue weighted by molar-refractivity contribution is -0.147. The molecule has 0 spiro atoms. The van der Waals surface area contributed by atoms with Gasteiger partial charge in [0.05, 0.1) is 13.2 Å². The molecule has 0 aliphatic carbocycles. The molecule has 2 heterocycles. The Bertz CT molecular complexity index is 600. The van der Waals surface area contributed by atoms with Crippen molar-refractivity contribution in [2.45, 2.75) is 49.9 Å². The second-order valence-corrected chi connectivity index (χ2v) is 6.81. The van der Waals surface area contributed by atoms with Crippen LogP contribution >= 0.6 is 0 Å². The minimum absolute atomic E-state index is 0.349. The molecule has 4 amide bonds. The highest BCUT2D eigenvalue weighted by molar-refractivity contribution is 5.95. The quantitative estimate of drug-likeness (QED) is 0.298. The molecule has 4 atom stereocenters. The summed E-state index contributed by atoms with van der Waals surface area (Å²) in [6.45, 7) is -0.434. The van der Waals surface area contributed by atoms with Gasteiger partial charge in [-0.15, -0.1) is 0 Å². The zero-order chi connectivity index (χ0) is 20.1. The minimum atomic E-state index is -1.22. The molecule has 0 aromatic rings.